The van der Waals surface area contributed by atoms with E-state index < -0.39 is 17.4 Å². The number of carbonyl (C=O) groups is 3. The molecule has 1 spiro atoms. The zero-order valence-corrected chi connectivity index (χ0v) is 18.7. The van der Waals surface area contributed by atoms with Crippen molar-refractivity contribution in [1.82, 2.24) is 4.90 Å². The molecule has 0 aliphatic carbocycles. The van der Waals surface area contributed by atoms with E-state index in [0.29, 0.717) is 12.2 Å². The topological polar surface area (TPSA) is 60.9 Å². The number of fused-ring (bicyclic) bond motifs is 7. The standard InChI is InChI=1S/C26H27N3O3/c1-4-27-19-9-6-5-8-18(19)26(25(27)32)22-21(20-10-7-13-28(20)26)23(30)29(24(22)31)17-12-11-15(2)16(3)14-17/h5-6,8-9,11-12,14,20-22H,4,7,10,13H2,1-3H3. The third kappa shape index (κ3) is 2.11. The van der Waals surface area contributed by atoms with Crippen molar-refractivity contribution in [3.63, 3.8) is 0 Å². The molecule has 4 aliphatic heterocycles. The Kier molecular flexibility index (Phi) is 4.01. The Bertz CT molecular complexity index is 1190. The molecule has 6 nitrogen and oxygen atoms in total. The maximum absolute atomic E-state index is 14.1. The van der Waals surface area contributed by atoms with Crippen LogP contribution >= 0.6 is 0 Å². The molecule has 4 aliphatic rings. The summed E-state index contributed by atoms with van der Waals surface area (Å²) in [5.74, 6) is -1.62. The number of hydrogen-bond donors (Lipinski definition) is 0. The molecule has 4 heterocycles. The van der Waals surface area contributed by atoms with Crippen molar-refractivity contribution < 1.29 is 14.4 Å². The van der Waals surface area contributed by atoms with Crippen LogP contribution in [0.1, 0.15) is 36.5 Å². The second-order valence-electron chi connectivity index (χ2n) is 9.52. The molecule has 6 heteroatoms. The van der Waals surface area contributed by atoms with Crippen LogP contribution in [0.25, 0.3) is 0 Å². The molecule has 3 fully saturated rings. The average molecular weight is 430 g/mol. The molecular formula is C26H27N3O3. The number of amides is 3. The second-order valence-corrected chi connectivity index (χ2v) is 9.52. The lowest BCUT2D eigenvalue weighted by molar-refractivity contribution is -0.137. The van der Waals surface area contributed by atoms with Crippen molar-refractivity contribution in [3.8, 4) is 0 Å². The van der Waals surface area contributed by atoms with E-state index in [-0.39, 0.29) is 23.8 Å². The maximum Gasteiger partial charge on any atom is 0.253 e. The Morgan fingerprint density at radius 1 is 1.00 bits per heavy atom. The predicted molar refractivity (Wildman–Crippen MR) is 121 cm³/mol. The molecule has 6 rings (SSSR count). The van der Waals surface area contributed by atoms with Crippen molar-refractivity contribution in [2.24, 2.45) is 11.8 Å². The van der Waals surface area contributed by atoms with Crippen molar-refractivity contribution in [1.29, 1.82) is 0 Å². The minimum atomic E-state index is -1.08. The molecule has 0 radical (unpaired) electrons. The largest absolute Gasteiger partial charge is 0.310 e. The Morgan fingerprint density at radius 3 is 2.53 bits per heavy atom. The van der Waals surface area contributed by atoms with Gasteiger partial charge in [-0.3, -0.25) is 19.3 Å². The zero-order valence-electron chi connectivity index (χ0n) is 18.7. The van der Waals surface area contributed by atoms with E-state index in [1.54, 1.807) is 4.90 Å². The van der Waals surface area contributed by atoms with Crippen LogP contribution in [0.2, 0.25) is 0 Å². The number of hydrogen-bond acceptors (Lipinski definition) is 4. The summed E-state index contributed by atoms with van der Waals surface area (Å²) >= 11 is 0. The van der Waals surface area contributed by atoms with E-state index in [0.717, 1.165) is 41.8 Å². The molecule has 4 unspecified atom stereocenters. The highest BCUT2D eigenvalue weighted by atomic mass is 16.2. The number of nitrogens with zero attached hydrogens (tertiary/aromatic N) is 3. The highest BCUT2D eigenvalue weighted by molar-refractivity contribution is 6.26. The van der Waals surface area contributed by atoms with Gasteiger partial charge in [0, 0.05) is 23.8 Å². The van der Waals surface area contributed by atoms with Crippen molar-refractivity contribution in [2.75, 3.05) is 22.9 Å². The third-order valence-electron chi connectivity index (χ3n) is 8.21. The molecule has 0 N–H and O–H groups in total. The van der Waals surface area contributed by atoms with Crippen LogP contribution in [0.3, 0.4) is 0 Å². The first kappa shape index (κ1) is 19.7. The molecule has 0 aromatic heterocycles. The maximum atomic E-state index is 14.1. The molecule has 2 aromatic carbocycles. The lowest BCUT2D eigenvalue weighted by Crippen LogP contribution is -2.56. The second kappa shape index (κ2) is 6.51. The first-order valence-corrected chi connectivity index (χ1v) is 11.6. The van der Waals surface area contributed by atoms with Gasteiger partial charge in [0.25, 0.3) is 5.91 Å². The van der Waals surface area contributed by atoms with Gasteiger partial charge in [0.05, 0.1) is 17.5 Å². The van der Waals surface area contributed by atoms with Crippen LogP contribution in [0.15, 0.2) is 42.5 Å². The monoisotopic (exact) mass is 429 g/mol. The third-order valence-corrected chi connectivity index (χ3v) is 8.21. The summed E-state index contributed by atoms with van der Waals surface area (Å²) in [6.07, 6.45) is 1.77. The minimum absolute atomic E-state index is 0.0521. The molecule has 4 atom stereocenters. The quantitative estimate of drug-likeness (QED) is 0.688. The van der Waals surface area contributed by atoms with Gasteiger partial charge >= 0.3 is 0 Å². The Hall–Kier alpha value is -2.99. The lowest BCUT2D eigenvalue weighted by Gasteiger charge is -2.37. The number of anilines is 2. The van der Waals surface area contributed by atoms with Gasteiger partial charge in [0.1, 0.15) is 5.54 Å². The number of carbonyl (C=O) groups excluding carboxylic acids is 3. The predicted octanol–water partition coefficient (Wildman–Crippen LogP) is 3.15. The van der Waals surface area contributed by atoms with E-state index in [1.807, 2.05) is 63.2 Å². The van der Waals surface area contributed by atoms with Crippen molar-refractivity contribution >= 4 is 29.1 Å². The summed E-state index contributed by atoms with van der Waals surface area (Å²) in [6, 6.07) is 13.4. The first-order valence-electron chi connectivity index (χ1n) is 11.6. The summed E-state index contributed by atoms with van der Waals surface area (Å²) in [4.78, 5) is 47.3. The van der Waals surface area contributed by atoms with E-state index in [4.69, 9.17) is 0 Å². The fourth-order valence-corrected chi connectivity index (χ4v) is 6.77. The van der Waals surface area contributed by atoms with Crippen LogP contribution in [-0.2, 0) is 19.9 Å². The van der Waals surface area contributed by atoms with E-state index in [2.05, 4.69) is 4.90 Å². The number of benzene rings is 2. The van der Waals surface area contributed by atoms with Gasteiger partial charge in [0.2, 0.25) is 11.8 Å². The van der Waals surface area contributed by atoms with Gasteiger partial charge in [-0.15, -0.1) is 0 Å². The number of aryl methyl sites for hydroxylation is 2. The summed E-state index contributed by atoms with van der Waals surface area (Å²) in [5, 5.41) is 0. The molecule has 164 valence electrons. The number of likely N-dealkylation sites (N-methyl/N-ethyl adjacent to an activating group) is 1. The SMILES string of the molecule is CCN1C(=O)C2(c3ccccc31)C1C(=O)N(c3ccc(C)c(C)c3)C(=O)C1C1CCCN12. The Balaban J connectivity index is 1.56. The minimum Gasteiger partial charge on any atom is -0.310 e. The zero-order chi connectivity index (χ0) is 22.4. The van der Waals surface area contributed by atoms with Crippen LogP contribution < -0.4 is 9.80 Å². The molecule has 2 aromatic rings. The van der Waals surface area contributed by atoms with E-state index >= 15 is 0 Å². The molecule has 32 heavy (non-hydrogen) atoms. The summed E-state index contributed by atoms with van der Waals surface area (Å²) in [7, 11) is 0. The van der Waals surface area contributed by atoms with Gasteiger partial charge in [0.15, 0.2) is 0 Å². The molecule has 0 bridgehead atoms. The van der Waals surface area contributed by atoms with Crippen LogP contribution in [0.5, 0.6) is 0 Å². The fourth-order valence-electron chi connectivity index (χ4n) is 6.77. The summed E-state index contributed by atoms with van der Waals surface area (Å²) in [6.45, 7) is 7.24. The number of para-hydroxylation sites is 1. The highest BCUT2D eigenvalue weighted by Gasteiger charge is 2.75. The summed E-state index contributed by atoms with van der Waals surface area (Å²) < 4.78 is 0. The molecule has 3 amide bonds. The van der Waals surface area contributed by atoms with Crippen LogP contribution in [0, 0.1) is 25.7 Å². The molecule has 0 saturated carbocycles. The van der Waals surface area contributed by atoms with Crippen LogP contribution in [0.4, 0.5) is 11.4 Å². The van der Waals surface area contributed by atoms with Gasteiger partial charge in [-0.25, -0.2) is 4.90 Å². The summed E-state index contributed by atoms with van der Waals surface area (Å²) in [5.41, 5.74) is 3.44. The number of imide groups is 1. The van der Waals surface area contributed by atoms with E-state index in [9.17, 15) is 14.4 Å². The van der Waals surface area contributed by atoms with Gasteiger partial charge in [-0.1, -0.05) is 24.3 Å². The highest BCUT2D eigenvalue weighted by Crippen LogP contribution is 2.61. The van der Waals surface area contributed by atoms with Gasteiger partial charge in [-0.2, -0.15) is 0 Å². The van der Waals surface area contributed by atoms with Crippen molar-refractivity contribution in [3.05, 3.63) is 59.2 Å². The Labute approximate surface area is 187 Å². The van der Waals surface area contributed by atoms with E-state index in [1.165, 1.54) is 4.90 Å². The first-order chi connectivity index (χ1) is 15.4. The molecule has 3 saturated heterocycles. The van der Waals surface area contributed by atoms with Gasteiger partial charge < -0.3 is 4.90 Å². The number of rotatable bonds is 2. The van der Waals surface area contributed by atoms with Gasteiger partial charge in [-0.05, 0) is 69.5 Å². The fraction of sp³-hybridized carbons (Fsp3) is 0.423. The normalized spacial score (nSPS) is 31.1. The van der Waals surface area contributed by atoms with Crippen LogP contribution in [-0.4, -0.2) is 41.8 Å². The lowest BCUT2D eigenvalue weighted by atomic mass is 9.75. The molecular weight excluding hydrogens is 402 g/mol. The smallest absolute Gasteiger partial charge is 0.253 e. The average Bonchev–Trinajstić information content (AvgIpc) is 3.48. The Morgan fingerprint density at radius 2 is 1.78 bits per heavy atom. The van der Waals surface area contributed by atoms with Crippen molar-refractivity contribution in [2.45, 2.75) is 45.2 Å².